The molecule has 1 N–H and O–H groups in total. The van der Waals surface area contributed by atoms with E-state index < -0.39 is 5.97 Å². The minimum absolute atomic E-state index is 0.0823. The molecule has 1 fully saturated rings. The average molecular weight is 222 g/mol. The molecule has 0 spiro atoms. The van der Waals surface area contributed by atoms with E-state index >= 15 is 0 Å². The van der Waals surface area contributed by atoms with Gasteiger partial charge in [-0.1, -0.05) is 0 Å². The Kier molecular flexibility index (Phi) is 2.59. The maximum absolute atomic E-state index is 10.6. The van der Waals surface area contributed by atoms with Crippen molar-refractivity contribution in [2.45, 2.75) is 25.6 Å². The maximum atomic E-state index is 10.6. The smallest absolute Gasteiger partial charge is 0.335 e. The van der Waals surface area contributed by atoms with Gasteiger partial charge in [0.05, 0.1) is 11.2 Å². The fourth-order valence-corrected chi connectivity index (χ4v) is 1.43. The lowest BCUT2D eigenvalue weighted by Crippen LogP contribution is -2.12. The molecule has 1 saturated heterocycles. The number of hydrogen-bond donors (Lipinski definition) is 1. The number of carboxylic acid groups (broad SMARTS) is 1. The van der Waals surface area contributed by atoms with Crippen LogP contribution in [0.3, 0.4) is 0 Å². The molecule has 1 atom stereocenters. The van der Waals surface area contributed by atoms with Crippen molar-refractivity contribution in [3.05, 3.63) is 29.8 Å². The van der Waals surface area contributed by atoms with Crippen LogP contribution in [0.4, 0.5) is 0 Å². The number of carboxylic acids is 1. The lowest BCUT2D eigenvalue weighted by atomic mass is 10.1. The number of rotatable bonds is 4. The zero-order valence-electron chi connectivity index (χ0n) is 9.27. The highest BCUT2D eigenvalue weighted by atomic mass is 16.6. The van der Waals surface area contributed by atoms with Crippen LogP contribution in [0.5, 0.6) is 5.75 Å². The number of hydrogen-bond acceptors (Lipinski definition) is 3. The van der Waals surface area contributed by atoms with Crippen LogP contribution in [0.2, 0.25) is 0 Å². The van der Waals surface area contributed by atoms with Crippen molar-refractivity contribution in [1.82, 2.24) is 0 Å². The van der Waals surface area contributed by atoms with Crippen molar-refractivity contribution in [3.63, 3.8) is 0 Å². The third-order valence-corrected chi connectivity index (χ3v) is 2.67. The highest BCUT2D eigenvalue weighted by molar-refractivity contribution is 5.87. The van der Waals surface area contributed by atoms with Gasteiger partial charge in [0.2, 0.25) is 0 Å². The molecule has 0 aliphatic carbocycles. The van der Waals surface area contributed by atoms with E-state index in [4.69, 9.17) is 14.6 Å². The van der Waals surface area contributed by atoms with Gasteiger partial charge in [-0.2, -0.15) is 0 Å². The minimum atomic E-state index is -0.932. The second-order valence-corrected chi connectivity index (χ2v) is 4.35. The first-order valence-electron chi connectivity index (χ1n) is 5.13. The maximum Gasteiger partial charge on any atom is 0.335 e. The Hall–Kier alpha value is -1.55. The first-order chi connectivity index (χ1) is 7.49. The predicted octanol–water partition coefficient (Wildman–Crippen LogP) is 1.94. The second-order valence-electron chi connectivity index (χ2n) is 4.35. The van der Waals surface area contributed by atoms with Crippen LogP contribution in [0.25, 0.3) is 0 Å². The number of benzene rings is 1. The van der Waals surface area contributed by atoms with Crippen LogP contribution in [0.1, 0.15) is 24.2 Å². The van der Waals surface area contributed by atoms with E-state index in [1.54, 1.807) is 12.1 Å². The summed E-state index contributed by atoms with van der Waals surface area (Å²) in [5, 5.41) is 8.71. The Bertz CT molecular complexity index is 394. The molecule has 1 aliphatic rings. The molecule has 86 valence electrons. The van der Waals surface area contributed by atoms with Gasteiger partial charge in [0.1, 0.15) is 18.5 Å². The van der Waals surface area contributed by atoms with Gasteiger partial charge in [-0.05, 0) is 38.1 Å². The molecule has 0 saturated carbocycles. The van der Waals surface area contributed by atoms with Gasteiger partial charge in [-0.15, -0.1) is 0 Å². The molecule has 0 bridgehead atoms. The Morgan fingerprint density at radius 3 is 2.44 bits per heavy atom. The van der Waals surface area contributed by atoms with Crippen LogP contribution >= 0.6 is 0 Å². The summed E-state index contributed by atoms with van der Waals surface area (Å²) in [6.07, 6.45) is 0.131. The summed E-state index contributed by atoms with van der Waals surface area (Å²) < 4.78 is 10.9. The highest BCUT2D eigenvalue weighted by Gasteiger charge is 2.48. The lowest BCUT2D eigenvalue weighted by molar-refractivity contribution is 0.0697. The molecule has 1 aromatic rings. The average Bonchev–Trinajstić information content (AvgIpc) is 2.84. The van der Waals surface area contributed by atoms with Crippen molar-refractivity contribution in [2.75, 3.05) is 6.61 Å². The molecule has 4 nitrogen and oxygen atoms in total. The van der Waals surface area contributed by atoms with E-state index in [2.05, 4.69) is 0 Å². The Balaban J connectivity index is 1.88. The van der Waals surface area contributed by atoms with Gasteiger partial charge in [0.15, 0.2) is 0 Å². The van der Waals surface area contributed by atoms with Gasteiger partial charge < -0.3 is 14.6 Å². The molecule has 16 heavy (non-hydrogen) atoms. The topological polar surface area (TPSA) is 59.1 Å². The number of carbonyl (C=O) groups is 1. The fourth-order valence-electron chi connectivity index (χ4n) is 1.43. The molecule has 0 amide bonds. The van der Waals surface area contributed by atoms with Crippen LogP contribution in [0.15, 0.2) is 24.3 Å². The molecule has 1 aromatic carbocycles. The van der Waals surface area contributed by atoms with Crippen molar-refractivity contribution in [2.24, 2.45) is 0 Å². The molecule has 0 unspecified atom stereocenters. The normalized spacial score (nSPS) is 21.5. The summed E-state index contributed by atoms with van der Waals surface area (Å²) in [7, 11) is 0. The predicted molar refractivity (Wildman–Crippen MR) is 57.8 cm³/mol. The molecule has 2 rings (SSSR count). The SMILES string of the molecule is CC1(C)O[C@H]1COc1ccc(C(=O)O)cc1. The monoisotopic (exact) mass is 222 g/mol. The number of aromatic carboxylic acids is 1. The van der Waals surface area contributed by atoms with Crippen LogP contribution in [-0.2, 0) is 4.74 Å². The van der Waals surface area contributed by atoms with Gasteiger partial charge in [-0.3, -0.25) is 0 Å². The van der Waals surface area contributed by atoms with Crippen LogP contribution in [0, 0.1) is 0 Å². The molecular weight excluding hydrogens is 208 g/mol. The quantitative estimate of drug-likeness (QED) is 0.791. The third-order valence-electron chi connectivity index (χ3n) is 2.67. The van der Waals surface area contributed by atoms with Crippen molar-refractivity contribution in [1.29, 1.82) is 0 Å². The Labute approximate surface area is 93.8 Å². The zero-order valence-corrected chi connectivity index (χ0v) is 9.27. The second kappa shape index (κ2) is 3.79. The van der Waals surface area contributed by atoms with E-state index in [-0.39, 0.29) is 17.3 Å². The van der Waals surface area contributed by atoms with Crippen molar-refractivity contribution in [3.8, 4) is 5.75 Å². The van der Waals surface area contributed by atoms with Crippen LogP contribution < -0.4 is 4.74 Å². The minimum Gasteiger partial charge on any atom is -0.491 e. The molecule has 4 heteroatoms. The summed E-state index contributed by atoms with van der Waals surface area (Å²) in [6, 6.07) is 6.35. The van der Waals surface area contributed by atoms with E-state index in [0.717, 1.165) is 0 Å². The van der Waals surface area contributed by atoms with E-state index in [1.165, 1.54) is 12.1 Å². The van der Waals surface area contributed by atoms with E-state index in [9.17, 15) is 4.79 Å². The molecule has 1 heterocycles. The van der Waals surface area contributed by atoms with Crippen molar-refractivity contribution >= 4 is 5.97 Å². The molecule has 1 aliphatic heterocycles. The van der Waals surface area contributed by atoms with Gasteiger partial charge in [0.25, 0.3) is 0 Å². The van der Waals surface area contributed by atoms with Gasteiger partial charge in [-0.25, -0.2) is 4.79 Å². The molecule has 0 aromatic heterocycles. The van der Waals surface area contributed by atoms with E-state index in [0.29, 0.717) is 12.4 Å². The largest absolute Gasteiger partial charge is 0.491 e. The highest BCUT2D eigenvalue weighted by Crippen LogP contribution is 2.35. The summed E-state index contributed by atoms with van der Waals surface area (Å²) in [5.74, 6) is -0.269. The summed E-state index contributed by atoms with van der Waals surface area (Å²) in [4.78, 5) is 10.6. The Morgan fingerprint density at radius 1 is 1.44 bits per heavy atom. The summed E-state index contributed by atoms with van der Waals surface area (Å²) in [6.45, 7) is 4.52. The Morgan fingerprint density at radius 2 is 2.00 bits per heavy atom. The van der Waals surface area contributed by atoms with Gasteiger partial charge >= 0.3 is 5.97 Å². The van der Waals surface area contributed by atoms with Crippen LogP contribution in [-0.4, -0.2) is 29.4 Å². The van der Waals surface area contributed by atoms with Gasteiger partial charge in [0, 0.05) is 0 Å². The summed E-state index contributed by atoms with van der Waals surface area (Å²) >= 11 is 0. The first kappa shape index (κ1) is 11.0. The number of epoxide rings is 1. The standard InChI is InChI=1S/C12H14O4/c1-12(2)10(16-12)7-15-9-5-3-8(4-6-9)11(13)14/h3-6,10H,7H2,1-2H3,(H,13,14)/t10-/m0/s1. The number of ether oxygens (including phenoxy) is 2. The lowest BCUT2D eigenvalue weighted by Gasteiger charge is -2.04. The van der Waals surface area contributed by atoms with E-state index in [1.807, 2.05) is 13.8 Å². The van der Waals surface area contributed by atoms with Crippen molar-refractivity contribution < 1.29 is 19.4 Å². The molecule has 0 radical (unpaired) electrons. The first-order valence-corrected chi connectivity index (χ1v) is 5.13. The fraction of sp³-hybridized carbons (Fsp3) is 0.417. The zero-order chi connectivity index (χ0) is 11.8. The summed E-state index contributed by atoms with van der Waals surface area (Å²) in [5.41, 5.74) is 0.177. The molecular formula is C12H14O4. The third kappa shape index (κ3) is 2.33.